The zero-order chi connectivity index (χ0) is 18.5. The van der Waals surface area contributed by atoms with Gasteiger partial charge in [0.15, 0.2) is 0 Å². The molecule has 0 saturated carbocycles. The number of halogens is 1. The molecular weight excluding hydrogens is 398 g/mol. The summed E-state index contributed by atoms with van der Waals surface area (Å²) in [5, 5.41) is 3.04. The van der Waals surface area contributed by atoms with Gasteiger partial charge in [-0.3, -0.25) is 4.79 Å². The molecular formula is C20H20BrNO4. The Morgan fingerprint density at radius 3 is 2.85 bits per heavy atom. The van der Waals surface area contributed by atoms with Gasteiger partial charge in [-0.1, -0.05) is 15.9 Å². The third-order valence-electron chi connectivity index (χ3n) is 4.18. The van der Waals surface area contributed by atoms with Gasteiger partial charge in [0.2, 0.25) is 5.91 Å². The summed E-state index contributed by atoms with van der Waals surface area (Å²) < 4.78 is 17.1. The highest BCUT2D eigenvalue weighted by molar-refractivity contribution is 9.10. The number of ether oxygens (including phenoxy) is 3. The van der Waals surface area contributed by atoms with E-state index in [2.05, 4.69) is 21.2 Å². The Balaban J connectivity index is 1.72. The molecule has 1 N–H and O–H groups in total. The summed E-state index contributed by atoms with van der Waals surface area (Å²) >= 11 is 3.47. The van der Waals surface area contributed by atoms with Crippen LogP contribution in [0.3, 0.4) is 0 Å². The average molecular weight is 418 g/mol. The largest absolute Gasteiger partial charge is 0.497 e. The Morgan fingerprint density at radius 1 is 1.23 bits per heavy atom. The maximum absolute atomic E-state index is 12.4. The lowest BCUT2D eigenvalue weighted by Crippen LogP contribution is -2.31. The number of hydrogen-bond acceptors (Lipinski definition) is 4. The van der Waals surface area contributed by atoms with Crippen molar-refractivity contribution in [3.63, 3.8) is 0 Å². The smallest absolute Gasteiger partial charge is 0.244 e. The van der Waals surface area contributed by atoms with E-state index in [0.29, 0.717) is 18.1 Å². The van der Waals surface area contributed by atoms with Gasteiger partial charge in [-0.2, -0.15) is 0 Å². The average Bonchev–Trinajstić information content (AvgIpc) is 2.66. The van der Waals surface area contributed by atoms with Gasteiger partial charge in [0.05, 0.1) is 26.9 Å². The van der Waals surface area contributed by atoms with Crippen molar-refractivity contribution in [2.75, 3.05) is 20.8 Å². The molecule has 0 radical (unpaired) electrons. The summed E-state index contributed by atoms with van der Waals surface area (Å²) in [7, 11) is 3.19. The van der Waals surface area contributed by atoms with Crippen LogP contribution in [0.1, 0.15) is 23.6 Å². The van der Waals surface area contributed by atoms with Crippen molar-refractivity contribution in [2.45, 2.75) is 12.5 Å². The third-order valence-corrected chi connectivity index (χ3v) is 4.68. The molecule has 0 saturated heterocycles. The highest BCUT2D eigenvalue weighted by Crippen LogP contribution is 2.34. The maximum Gasteiger partial charge on any atom is 0.244 e. The monoisotopic (exact) mass is 417 g/mol. The number of carbonyl (C=O) groups is 1. The zero-order valence-corrected chi connectivity index (χ0v) is 16.2. The van der Waals surface area contributed by atoms with Crippen molar-refractivity contribution in [3.05, 3.63) is 58.1 Å². The van der Waals surface area contributed by atoms with Crippen LogP contribution in [0.4, 0.5) is 0 Å². The number of methoxy groups -OCH3 is 2. The lowest BCUT2D eigenvalue weighted by atomic mass is 10.0. The summed E-state index contributed by atoms with van der Waals surface area (Å²) in [5.74, 6) is 1.99. The van der Waals surface area contributed by atoms with E-state index in [1.165, 1.54) is 6.08 Å². The number of amides is 1. The van der Waals surface area contributed by atoms with Crippen LogP contribution < -0.4 is 19.5 Å². The van der Waals surface area contributed by atoms with Crippen molar-refractivity contribution in [1.82, 2.24) is 5.32 Å². The Hall–Kier alpha value is -2.47. The summed E-state index contributed by atoms with van der Waals surface area (Å²) in [6.07, 6.45) is 3.97. The molecule has 136 valence electrons. The molecule has 0 fully saturated rings. The Kier molecular flexibility index (Phi) is 5.83. The number of hydrogen-bond donors (Lipinski definition) is 1. The molecule has 1 unspecified atom stereocenters. The van der Waals surface area contributed by atoms with Crippen LogP contribution in [0, 0.1) is 0 Å². The standard InChI is InChI=1S/C20H20BrNO4/c1-24-15-6-3-13(19(12-15)25-2)4-8-20(23)22-17-9-10-26-18-7-5-14(21)11-16(17)18/h3-8,11-12,17H,9-10H2,1-2H3,(H,22,23)/b8-4+. The van der Waals surface area contributed by atoms with Crippen molar-refractivity contribution < 1.29 is 19.0 Å². The molecule has 2 aromatic rings. The number of benzene rings is 2. The second-order valence-corrected chi connectivity index (χ2v) is 6.74. The summed E-state index contributed by atoms with van der Waals surface area (Å²) in [6.45, 7) is 0.579. The molecule has 1 heterocycles. The molecule has 1 amide bonds. The van der Waals surface area contributed by atoms with E-state index in [1.54, 1.807) is 26.4 Å². The second-order valence-electron chi connectivity index (χ2n) is 5.82. The molecule has 0 aliphatic carbocycles. The van der Waals surface area contributed by atoms with Gasteiger partial charge in [0.25, 0.3) is 0 Å². The normalized spacial score (nSPS) is 15.9. The van der Waals surface area contributed by atoms with Crippen LogP contribution >= 0.6 is 15.9 Å². The predicted molar refractivity (Wildman–Crippen MR) is 104 cm³/mol. The summed E-state index contributed by atoms with van der Waals surface area (Å²) in [6, 6.07) is 11.2. The first kappa shape index (κ1) is 18.3. The minimum atomic E-state index is -0.166. The fourth-order valence-corrected chi connectivity index (χ4v) is 3.24. The molecule has 1 atom stereocenters. The van der Waals surface area contributed by atoms with Crippen LogP contribution in [0.15, 0.2) is 46.9 Å². The first-order valence-corrected chi connectivity index (χ1v) is 9.03. The lowest BCUT2D eigenvalue weighted by molar-refractivity contribution is -0.117. The van der Waals surface area contributed by atoms with Gasteiger partial charge >= 0.3 is 0 Å². The fraction of sp³-hybridized carbons (Fsp3) is 0.250. The number of rotatable bonds is 5. The molecule has 0 spiro atoms. The van der Waals surface area contributed by atoms with E-state index < -0.39 is 0 Å². The van der Waals surface area contributed by atoms with E-state index in [9.17, 15) is 4.79 Å². The molecule has 2 aromatic carbocycles. The fourth-order valence-electron chi connectivity index (χ4n) is 2.86. The first-order chi connectivity index (χ1) is 12.6. The number of fused-ring (bicyclic) bond motifs is 1. The minimum absolute atomic E-state index is 0.0776. The SMILES string of the molecule is COc1ccc(/C=C/C(=O)NC2CCOc3ccc(Br)cc32)c(OC)c1. The zero-order valence-electron chi connectivity index (χ0n) is 14.6. The Bertz CT molecular complexity index is 835. The van der Waals surface area contributed by atoms with Gasteiger partial charge in [-0.15, -0.1) is 0 Å². The van der Waals surface area contributed by atoms with E-state index in [-0.39, 0.29) is 11.9 Å². The van der Waals surface area contributed by atoms with Crippen LogP contribution in [-0.4, -0.2) is 26.7 Å². The van der Waals surface area contributed by atoms with Crippen LogP contribution in [-0.2, 0) is 4.79 Å². The number of carbonyl (C=O) groups excluding carboxylic acids is 1. The van der Waals surface area contributed by atoms with E-state index in [4.69, 9.17) is 14.2 Å². The summed E-state index contributed by atoms with van der Waals surface area (Å²) in [4.78, 5) is 12.4. The third kappa shape index (κ3) is 4.19. The van der Waals surface area contributed by atoms with Gasteiger partial charge in [-0.25, -0.2) is 0 Å². The quantitative estimate of drug-likeness (QED) is 0.743. The first-order valence-electron chi connectivity index (χ1n) is 8.23. The van der Waals surface area contributed by atoms with Crippen molar-refractivity contribution in [1.29, 1.82) is 0 Å². The van der Waals surface area contributed by atoms with Gasteiger partial charge in [-0.05, 0) is 36.4 Å². The molecule has 0 bridgehead atoms. The minimum Gasteiger partial charge on any atom is -0.497 e. The predicted octanol–water partition coefficient (Wildman–Crippen LogP) is 4.12. The molecule has 3 rings (SSSR count). The molecule has 26 heavy (non-hydrogen) atoms. The van der Waals surface area contributed by atoms with Gasteiger partial charge in [0, 0.05) is 34.2 Å². The van der Waals surface area contributed by atoms with Crippen LogP contribution in [0.25, 0.3) is 6.08 Å². The van der Waals surface area contributed by atoms with Gasteiger partial charge < -0.3 is 19.5 Å². The maximum atomic E-state index is 12.4. The van der Waals surface area contributed by atoms with Crippen LogP contribution in [0.5, 0.6) is 17.2 Å². The molecule has 5 nitrogen and oxygen atoms in total. The van der Waals surface area contributed by atoms with Crippen LogP contribution in [0.2, 0.25) is 0 Å². The second kappa shape index (κ2) is 8.27. The Labute approximate surface area is 161 Å². The Morgan fingerprint density at radius 2 is 2.08 bits per heavy atom. The number of nitrogens with one attached hydrogen (secondary N) is 1. The van der Waals surface area contributed by atoms with Crippen molar-refractivity contribution in [3.8, 4) is 17.2 Å². The highest BCUT2D eigenvalue weighted by atomic mass is 79.9. The summed E-state index contributed by atoms with van der Waals surface area (Å²) in [5.41, 5.74) is 1.79. The highest BCUT2D eigenvalue weighted by Gasteiger charge is 2.22. The molecule has 1 aliphatic heterocycles. The van der Waals surface area contributed by atoms with E-state index >= 15 is 0 Å². The molecule has 0 aromatic heterocycles. The van der Waals surface area contributed by atoms with Crippen molar-refractivity contribution in [2.24, 2.45) is 0 Å². The molecule has 6 heteroatoms. The van der Waals surface area contributed by atoms with E-state index in [1.807, 2.05) is 30.3 Å². The molecule has 1 aliphatic rings. The van der Waals surface area contributed by atoms with Crippen molar-refractivity contribution >= 4 is 27.9 Å². The topological polar surface area (TPSA) is 56.8 Å². The van der Waals surface area contributed by atoms with Gasteiger partial charge in [0.1, 0.15) is 17.2 Å². The van der Waals surface area contributed by atoms with E-state index in [0.717, 1.165) is 27.8 Å². The lowest BCUT2D eigenvalue weighted by Gasteiger charge is -2.26.